The maximum Gasteiger partial charge on any atom is 0.303 e. The summed E-state index contributed by atoms with van der Waals surface area (Å²) in [6.07, 6.45) is -3.54. The Bertz CT molecular complexity index is 732. The van der Waals surface area contributed by atoms with Crippen molar-refractivity contribution in [1.82, 2.24) is 0 Å². The SMILES string of the molecule is CC(=O)OCC(COCC(COC(C)=O)OC(COCC(COC(C)=O)OC(C)=O)COC(C)=O)OC(C)=O. The van der Waals surface area contributed by atoms with Gasteiger partial charge in [-0.15, -0.1) is 0 Å². The molecule has 0 fully saturated rings. The van der Waals surface area contributed by atoms with Crippen molar-refractivity contribution in [2.45, 2.75) is 66.0 Å². The molecule has 0 saturated heterocycles. The quantitative estimate of drug-likeness (QED) is 0.140. The third-order valence-corrected chi connectivity index (χ3v) is 4.16. The van der Waals surface area contributed by atoms with Crippen molar-refractivity contribution in [3.8, 4) is 0 Å². The van der Waals surface area contributed by atoms with Crippen LogP contribution in [0.15, 0.2) is 0 Å². The smallest absolute Gasteiger partial charge is 0.303 e. The van der Waals surface area contributed by atoms with Gasteiger partial charge in [-0.2, -0.15) is 0 Å². The number of esters is 6. The molecule has 0 bridgehead atoms. The van der Waals surface area contributed by atoms with E-state index in [0.717, 1.165) is 0 Å². The van der Waals surface area contributed by atoms with E-state index >= 15 is 0 Å². The number of carbonyl (C=O) groups excluding carboxylic acids is 6. The van der Waals surface area contributed by atoms with Gasteiger partial charge in [0.05, 0.1) is 26.4 Å². The first-order valence-corrected chi connectivity index (χ1v) is 12.0. The van der Waals surface area contributed by atoms with Gasteiger partial charge in [0.15, 0.2) is 12.2 Å². The van der Waals surface area contributed by atoms with Gasteiger partial charge in [0.25, 0.3) is 0 Å². The summed E-state index contributed by atoms with van der Waals surface area (Å²) in [4.78, 5) is 67.5. The van der Waals surface area contributed by atoms with Crippen LogP contribution in [0.2, 0.25) is 0 Å². The predicted molar refractivity (Wildman–Crippen MR) is 128 cm³/mol. The van der Waals surface area contributed by atoms with E-state index in [1.165, 1.54) is 41.5 Å². The molecule has 0 N–H and O–H groups in total. The van der Waals surface area contributed by atoms with Crippen LogP contribution in [0.25, 0.3) is 0 Å². The van der Waals surface area contributed by atoms with Gasteiger partial charge in [-0.05, 0) is 0 Å². The predicted octanol–water partition coefficient (Wildman–Crippen LogP) is -0.111. The van der Waals surface area contributed by atoms with Crippen molar-refractivity contribution in [3.05, 3.63) is 0 Å². The molecule has 0 rings (SSSR count). The average Bonchev–Trinajstić information content (AvgIpc) is 2.81. The zero-order chi connectivity index (χ0) is 29.8. The van der Waals surface area contributed by atoms with Gasteiger partial charge in [0.2, 0.25) is 0 Å². The van der Waals surface area contributed by atoms with Crippen molar-refractivity contribution in [2.75, 3.05) is 52.9 Å². The fraction of sp³-hybridized carbons (Fsp3) is 0.750. The Morgan fingerprint density at radius 1 is 0.385 bits per heavy atom. The fourth-order valence-corrected chi connectivity index (χ4v) is 2.73. The van der Waals surface area contributed by atoms with Crippen LogP contribution >= 0.6 is 0 Å². The van der Waals surface area contributed by atoms with Gasteiger partial charge in [0.1, 0.15) is 38.6 Å². The third kappa shape index (κ3) is 22.4. The molecule has 0 amide bonds. The van der Waals surface area contributed by atoms with E-state index in [0.29, 0.717) is 0 Å². The van der Waals surface area contributed by atoms with Gasteiger partial charge in [-0.1, -0.05) is 0 Å². The van der Waals surface area contributed by atoms with E-state index in [-0.39, 0.29) is 52.9 Å². The van der Waals surface area contributed by atoms with Crippen LogP contribution in [-0.4, -0.2) is 113 Å². The second-order valence-corrected chi connectivity index (χ2v) is 8.13. The Labute approximate surface area is 226 Å². The molecule has 0 aromatic rings. The summed E-state index contributed by atoms with van der Waals surface area (Å²) in [5.74, 6) is -3.52. The van der Waals surface area contributed by atoms with Crippen LogP contribution in [0.3, 0.4) is 0 Å². The summed E-state index contributed by atoms with van der Waals surface area (Å²) >= 11 is 0. The number of hydrogen-bond donors (Lipinski definition) is 0. The normalized spacial score (nSPS) is 13.7. The molecule has 0 aliphatic carbocycles. The molecule has 39 heavy (non-hydrogen) atoms. The van der Waals surface area contributed by atoms with Crippen LogP contribution in [-0.2, 0) is 71.4 Å². The third-order valence-electron chi connectivity index (χ3n) is 4.16. The lowest BCUT2D eigenvalue weighted by molar-refractivity contribution is -0.171. The van der Waals surface area contributed by atoms with E-state index in [1.807, 2.05) is 0 Å². The second kappa shape index (κ2) is 20.6. The maximum absolute atomic E-state index is 11.4. The summed E-state index contributed by atoms with van der Waals surface area (Å²) in [5.41, 5.74) is 0. The number of carbonyl (C=O) groups is 6. The van der Waals surface area contributed by atoms with E-state index in [2.05, 4.69) is 0 Å². The minimum atomic E-state index is -0.892. The fourth-order valence-electron chi connectivity index (χ4n) is 2.73. The summed E-state index contributed by atoms with van der Waals surface area (Å²) in [6, 6.07) is 0. The van der Waals surface area contributed by atoms with Crippen LogP contribution in [0.4, 0.5) is 0 Å². The molecule has 224 valence electrons. The molecule has 4 unspecified atom stereocenters. The lowest BCUT2D eigenvalue weighted by Crippen LogP contribution is -2.38. The lowest BCUT2D eigenvalue weighted by atomic mass is 10.3. The van der Waals surface area contributed by atoms with Crippen molar-refractivity contribution >= 4 is 35.8 Å². The molecular formula is C24H38O15. The molecule has 15 heteroatoms. The maximum atomic E-state index is 11.4. The Kier molecular flexibility index (Phi) is 18.9. The van der Waals surface area contributed by atoms with Gasteiger partial charge in [-0.25, -0.2) is 0 Å². The van der Waals surface area contributed by atoms with Crippen LogP contribution in [0.5, 0.6) is 0 Å². The number of rotatable bonds is 20. The van der Waals surface area contributed by atoms with Crippen molar-refractivity contribution in [1.29, 1.82) is 0 Å². The first kappa shape index (κ1) is 35.7. The summed E-state index contributed by atoms with van der Waals surface area (Å²) in [6.45, 7) is 5.56. The molecule has 0 aliphatic rings. The highest BCUT2D eigenvalue weighted by molar-refractivity contribution is 5.68. The molecular weight excluding hydrogens is 528 g/mol. The molecule has 0 saturated carbocycles. The second-order valence-electron chi connectivity index (χ2n) is 8.13. The minimum absolute atomic E-state index is 0.162. The molecule has 0 heterocycles. The van der Waals surface area contributed by atoms with Gasteiger partial charge in [-0.3, -0.25) is 28.8 Å². The summed E-state index contributed by atoms with van der Waals surface area (Å²) in [5, 5.41) is 0. The van der Waals surface area contributed by atoms with Crippen LogP contribution < -0.4 is 0 Å². The van der Waals surface area contributed by atoms with Gasteiger partial charge >= 0.3 is 35.8 Å². The van der Waals surface area contributed by atoms with Gasteiger partial charge < -0.3 is 42.6 Å². The molecule has 4 atom stereocenters. The van der Waals surface area contributed by atoms with E-state index in [9.17, 15) is 28.8 Å². The van der Waals surface area contributed by atoms with E-state index in [1.54, 1.807) is 0 Å². The first-order valence-electron chi connectivity index (χ1n) is 12.0. The number of ether oxygens (including phenoxy) is 9. The molecule has 0 aromatic carbocycles. The van der Waals surface area contributed by atoms with E-state index < -0.39 is 60.2 Å². The van der Waals surface area contributed by atoms with E-state index in [4.69, 9.17) is 42.6 Å². The zero-order valence-corrected chi connectivity index (χ0v) is 23.1. The van der Waals surface area contributed by atoms with Gasteiger partial charge in [0, 0.05) is 41.5 Å². The lowest BCUT2D eigenvalue weighted by Gasteiger charge is -2.26. The zero-order valence-electron chi connectivity index (χ0n) is 23.1. The Morgan fingerprint density at radius 2 is 0.641 bits per heavy atom. The van der Waals surface area contributed by atoms with Crippen molar-refractivity contribution in [2.24, 2.45) is 0 Å². The first-order chi connectivity index (χ1) is 18.3. The highest BCUT2D eigenvalue weighted by atomic mass is 16.6. The Hall–Kier alpha value is -3.30. The molecule has 0 aliphatic heterocycles. The largest absolute Gasteiger partial charge is 0.463 e. The monoisotopic (exact) mass is 566 g/mol. The topological polar surface area (TPSA) is 185 Å². The summed E-state index contributed by atoms with van der Waals surface area (Å²) < 4.78 is 46.8. The molecule has 0 aromatic heterocycles. The van der Waals surface area contributed by atoms with Crippen molar-refractivity contribution < 1.29 is 71.4 Å². The molecule has 0 spiro atoms. The Morgan fingerprint density at radius 3 is 0.897 bits per heavy atom. The van der Waals surface area contributed by atoms with Crippen LogP contribution in [0, 0.1) is 0 Å². The minimum Gasteiger partial charge on any atom is -0.463 e. The summed E-state index contributed by atoms with van der Waals surface area (Å²) in [7, 11) is 0. The molecule has 15 nitrogen and oxygen atoms in total. The highest BCUT2D eigenvalue weighted by Gasteiger charge is 2.23. The highest BCUT2D eigenvalue weighted by Crippen LogP contribution is 2.07. The number of hydrogen-bond acceptors (Lipinski definition) is 15. The van der Waals surface area contributed by atoms with Crippen molar-refractivity contribution in [3.63, 3.8) is 0 Å². The van der Waals surface area contributed by atoms with Crippen LogP contribution in [0.1, 0.15) is 41.5 Å². The Balaban J connectivity index is 5.23. The molecule has 0 radical (unpaired) electrons. The standard InChI is InChI=1S/C24H38O15/c1-15(25)33-11-21(37-19(5)29)7-31-9-23(13-35-17(3)27)39-24(14-36-18(4)28)10-32-8-22(38-20(6)30)12-34-16(2)26/h21-24H,7-14H2,1-6H3. The average molecular weight is 567 g/mol.